The first-order chi connectivity index (χ1) is 20.5. The number of amides is 1. The van der Waals surface area contributed by atoms with Crippen LogP contribution in [0.3, 0.4) is 0 Å². The zero-order valence-electron chi connectivity index (χ0n) is 28.4. The van der Waals surface area contributed by atoms with Gasteiger partial charge in [-0.05, 0) is 115 Å². The lowest BCUT2D eigenvalue weighted by Gasteiger charge is -2.72. The predicted octanol–water partition coefficient (Wildman–Crippen LogP) is 7.64. The van der Waals surface area contributed by atoms with Gasteiger partial charge in [-0.25, -0.2) is 9.97 Å². The number of aromatic nitrogens is 2. The number of hydrogen-bond acceptors (Lipinski definition) is 6. The molecule has 0 aromatic carbocycles. The first-order valence-electron chi connectivity index (χ1n) is 17.1. The van der Waals surface area contributed by atoms with Gasteiger partial charge in [-0.3, -0.25) is 19.7 Å². The summed E-state index contributed by atoms with van der Waals surface area (Å²) in [4.78, 5) is 49.0. The Labute approximate surface area is 263 Å². The van der Waals surface area contributed by atoms with Crippen LogP contribution in [0.4, 0.5) is 5.95 Å². The van der Waals surface area contributed by atoms with E-state index < -0.39 is 5.41 Å². The fourth-order valence-electron chi connectivity index (χ4n) is 12.0. The number of Topliss-reactive ketones (excluding diaryl/α,β-unsaturated/α-hetero) is 1. The zero-order valence-corrected chi connectivity index (χ0v) is 28.4. The minimum atomic E-state index is -0.831. The molecule has 4 saturated carbocycles. The van der Waals surface area contributed by atoms with E-state index in [0.717, 1.165) is 61.8 Å². The average molecular weight is 604 g/mol. The molecule has 1 N–H and O–H groups in total. The molecule has 0 radical (unpaired) electrons. The van der Waals surface area contributed by atoms with E-state index in [1.54, 1.807) is 6.20 Å². The highest BCUT2D eigenvalue weighted by Gasteiger charge is 2.71. The van der Waals surface area contributed by atoms with Crippen LogP contribution in [-0.4, -0.2) is 33.7 Å². The number of esters is 1. The number of ketones is 1. The minimum absolute atomic E-state index is 0.0233. The van der Waals surface area contributed by atoms with E-state index in [1.807, 2.05) is 13.0 Å². The molecule has 6 rings (SSSR count). The molecule has 1 heterocycles. The van der Waals surface area contributed by atoms with E-state index in [9.17, 15) is 14.4 Å². The molecule has 0 saturated heterocycles. The number of carbonyl (C=O) groups excluding carboxylic acids is 3. The first kappa shape index (κ1) is 31.4. The largest absolute Gasteiger partial charge is 0.462 e. The quantitative estimate of drug-likeness (QED) is 0.355. The van der Waals surface area contributed by atoms with Gasteiger partial charge in [0.2, 0.25) is 11.9 Å². The summed E-state index contributed by atoms with van der Waals surface area (Å²) in [7, 11) is 0. The Bertz CT molecular complexity index is 1430. The molecular weight excluding hydrogens is 550 g/mol. The molecular formula is C37H53N3O4. The Morgan fingerprint density at radius 3 is 2.34 bits per heavy atom. The zero-order chi connectivity index (χ0) is 32.0. The number of nitrogens with one attached hydrogen (secondary N) is 1. The van der Waals surface area contributed by atoms with Crippen molar-refractivity contribution in [1.29, 1.82) is 0 Å². The summed E-state index contributed by atoms with van der Waals surface area (Å²) < 4.78 is 5.92. The molecule has 7 nitrogen and oxygen atoms in total. The van der Waals surface area contributed by atoms with E-state index >= 15 is 0 Å². The van der Waals surface area contributed by atoms with E-state index in [0.29, 0.717) is 24.2 Å². The van der Waals surface area contributed by atoms with Gasteiger partial charge >= 0.3 is 5.97 Å². The molecule has 1 aromatic heterocycles. The number of fused-ring (bicyclic) bond motifs is 7. The van der Waals surface area contributed by atoms with Crippen molar-refractivity contribution in [3.63, 3.8) is 0 Å². The monoisotopic (exact) mass is 603 g/mol. The van der Waals surface area contributed by atoms with Crippen LogP contribution in [0.2, 0.25) is 0 Å². The number of ether oxygens (including phenoxy) is 1. The lowest BCUT2D eigenvalue weighted by molar-refractivity contribution is -0.232. The lowest BCUT2D eigenvalue weighted by atomic mass is 9.33. The van der Waals surface area contributed by atoms with Crippen LogP contribution < -0.4 is 5.32 Å². The Kier molecular flexibility index (Phi) is 7.30. The number of aryl methyl sites for hydroxylation is 1. The Morgan fingerprint density at radius 2 is 1.68 bits per heavy atom. The van der Waals surface area contributed by atoms with Crippen molar-refractivity contribution in [1.82, 2.24) is 9.97 Å². The van der Waals surface area contributed by atoms with Gasteiger partial charge in [-0.2, -0.15) is 0 Å². The minimum Gasteiger partial charge on any atom is -0.462 e. The van der Waals surface area contributed by atoms with Gasteiger partial charge in [0, 0.05) is 30.7 Å². The predicted molar refractivity (Wildman–Crippen MR) is 170 cm³/mol. The highest BCUT2D eigenvalue weighted by molar-refractivity contribution is 6.09. The molecule has 0 spiro atoms. The number of anilines is 1. The molecule has 44 heavy (non-hydrogen) atoms. The standard InChI is InChI=1S/C37H53N3O4/c1-21(2)29-25(42)20-37(31(43)40-32-38-19-14-22(3)39-32)18-17-35(8)24(30(29)37)10-11-27-34(7)15-13-28(44-23(4)41)33(5,6)26(34)12-16-36(27,35)9/h14,19,21,24,26-28H,10-13,15-18,20H2,1-9H3,(H,38,39,40,43)/t24-,26+,27-,28+,34+,35-,36-,37-/m1/s1. The second-order valence-corrected chi connectivity index (χ2v) is 16.7. The van der Waals surface area contributed by atoms with Gasteiger partial charge in [0.25, 0.3) is 0 Å². The Morgan fingerprint density at radius 1 is 0.955 bits per heavy atom. The summed E-state index contributed by atoms with van der Waals surface area (Å²) in [5.74, 6) is 1.45. The van der Waals surface area contributed by atoms with Gasteiger partial charge in [0.1, 0.15) is 6.10 Å². The summed E-state index contributed by atoms with van der Waals surface area (Å²) in [6.07, 6.45) is 9.81. The van der Waals surface area contributed by atoms with Crippen LogP contribution in [0.5, 0.6) is 0 Å². The lowest BCUT2D eigenvalue weighted by Crippen LogP contribution is -2.66. The SMILES string of the molecule is CC(=O)O[C@H]1CC[C@]2(C)[C@H]3CC[C@@H]4C5=C(C(C)C)C(=O)C[C@]5(C(=O)Nc5nccc(C)n5)CC[C@@]4(C)[C@]3(C)CC[C@H]2C1(C)C. The summed E-state index contributed by atoms with van der Waals surface area (Å²) >= 11 is 0. The number of hydrogen-bond donors (Lipinski definition) is 1. The number of carbonyl (C=O) groups is 3. The van der Waals surface area contributed by atoms with Crippen LogP contribution >= 0.6 is 0 Å². The third-order valence-corrected chi connectivity index (χ3v) is 14.1. The fourth-order valence-corrected chi connectivity index (χ4v) is 12.0. The highest BCUT2D eigenvalue weighted by Crippen LogP contribution is 2.76. The number of nitrogens with zero attached hydrogens (tertiary/aromatic N) is 2. The Hall–Kier alpha value is -2.57. The molecule has 4 fully saturated rings. The third kappa shape index (κ3) is 4.22. The van der Waals surface area contributed by atoms with Crippen molar-refractivity contribution in [2.24, 2.45) is 50.7 Å². The van der Waals surface area contributed by atoms with Crippen molar-refractivity contribution >= 4 is 23.6 Å². The molecule has 0 aliphatic heterocycles. The topological polar surface area (TPSA) is 98.2 Å². The number of rotatable bonds is 4. The Balaban J connectivity index is 1.39. The molecule has 5 aliphatic rings. The summed E-state index contributed by atoms with van der Waals surface area (Å²) in [6, 6.07) is 1.82. The van der Waals surface area contributed by atoms with Gasteiger partial charge in [-0.1, -0.05) is 48.5 Å². The van der Waals surface area contributed by atoms with Crippen molar-refractivity contribution in [3.05, 3.63) is 29.1 Å². The second-order valence-electron chi connectivity index (χ2n) is 16.7. The maximum Gasteiger partial charge on any atom is 0.302 e. The summed E-state index contributed by atoms with van der Waals surface area (Å²) in [5.41, 5.74) is 2.14. The van der Waals surface area contributed by atoms with Gasteiger partial charge in [0.15, 0.2) is 5.78 Å². The normalized spacial score (nSPS) is 40.9. The van der Waals surface area contributed by atoms with Gasteiger partial charge < -0.3 is 4.74 Å². The second kappa shape index (κ2) is 10.2. The molecule has 8 atom stereocenters. The molecule has 0 unspecified atom stereocenters. The first-order valence-corrected chi connectivity index (χ1v) is 17.1. The molecule has 240 valence electrons. The van der Waals surface area contributed by atoms with E-state index in [1.165, 1.54) is 6.92 Å². The maximum absolute atomic E-state index is 14.3. The third-order valence-electron chi connectivity index (χ3n) is 14.1. The summed E-state index contributed by atoms with van der Waals surface area (Å²) in [6.45, 7) is 19.9. The highest BCUT2D eigenvalue weighted by atomic mass is 16.5. The smallest absolute Gasteiger partial charge is 0.302 e. The van der Waals surface area contributed by atoms with Crippen LogP contribution in [0.15, 0.2) is 23.4 Å². The molecule has 1 amide bonds. The fraction of sp³-hybridized carbons (Fsp3) is 0.757. The van der Waals surface area contributed by atoms with E-state index in [-0.39, 0.29) is 63.7 Å². The van der Waals surface area contributed by atoms with Crippen molar-refractivity contribution in [2.45, 2.75) is 126 Å². The summed E-state index contributed by atoms with van der Waals surface area (Å²) in [5, 5.41) is 3.05. The van der Waals surface area contributed by atoms with Crippen LogP contribution in [0, 0.1) is 57.7 Å². The number of allylic oxidation sites excluding steroid dienone is 1. The average Bonchev–Trinajstić information content (AvgIpc) is 3.24. The molecule has 0 bridgehead atoms. The van der Waals surface area contributed by atoms with Gasteiger partial charge in [-0.15, -0.1) is 0 Å². The van der Waals surface area contributed by atoms with Gasteiger partial charge in [0.05, 0.1) is 5.41 Å². The molecule has 1 aromatic rings. The van der Waals surface area contributed by atoms with Crippen molar-refractivity contribution < 1.29 is 19.1 Å². The van der Waals surface area contributed by atoms with Crippen LogP contribution in [-0.2, 0) is 19.1 Å². The van der Waals surface area contributed by atoms with E-state index in [2.05, 4.69) is 63.8 Å². The maximum atomic E-state index is 14.3. The van der Waals surface area contributed by atoms with Crippen LogP contribution in [0.25, 0.3) is 0 Å². The molecule has 7 heteroatoms. The van der Waals surface area contributed by atoms with Crippen LogP contribution in [0.1, 0.15) is 119 Å². The molecule has 5 aliphatic carbocycles. The van der Waals surface area contributed by atoms with Crippen molar-refractivity contribution in [2.75, 3.05) is 5.32 Å². The van der Waals surface area contributed by atoms with Crippen molar-refractivity contribution in [3.8, 4) is 0 Å². The van der Waals surface area contributed by atoms with E-state index in [4.69, 9.17) is 4.74 Å².